The number of benzene rings is 2. The molecule has 2 aromatic carbocycles. The second-order valence-electron chi connectivity index (χ2n) is 5.95. The Morgan fingerprint density at radius 2 is 1.86 bits per heavy atom. The summed E-state index contributed by atoms with van der Waals surface area (Å²) in [5.41, 5.74) is 9.95. The third kappa shape index (κ3) is 2.99. The molecule has 1 aliphatic rings. The van der Waals surface area contributed by atoms with Crippen LogP contribution in [0.25, 0.3) is 0 Å². The van der Waals surface area contributed by atoms with Crippen LogP contribution in [0.5, 0.6) is 5.75 Å². The van der Waals surface area contributed by atoms with Crippen LogP contribution in [0.15, 0.2) is 46.9 Å². The fourth-order valence-corrected chi connectivity index (χ4v) is 3.15. The van der Waals surface area contributed by atoms with E-state index in [1.165, 1.54) is 11.1 Å². The van der Waals surface area contributed by atoms with Gasteiger partial charge in [-0.15, -0.1) is 0 Å². The highest BCUT2D eigenvalue weighted by Gasteiger charge is 2.27. The number of fused-ring (bicyclic) bond motifs is 1. The molecule has 0 fully saturated rings. The Bertz CT molecular complexity index is 636. The van der Waals surface area contributed by atoms with Gasteiger partial charge in [-0.2, -0.15) is 0 Å². The van der Waals surface area contributed by atoms with Crippen LogP contribution >= 0.6 is 15.9 Å². The lowest BCUT2D eigenvalue weighted by Gasteiger charge is -2.31. The average Bonchev–Trinajstić information content (AvgIpc) is 2.48. The monoisotopic (exact) mass is 345 g/mol. The molecular formula is C18H20BrNO. The summed E-state index contributed by atoms with van der Waals surface area (Å²) in [7, 11) is 0. The molecule has 0 radical (unpaired) electrons. The number of hydrogen-bond acceptors (Lipinski definition) is 2. The zero-order valence-corrected chi connectivity index (χ0v) is 13.9. The maximum atomic E-state index is 6.32. The van der Waals surface area contributed by atoms with Gasteiger partial charge in [-0.3, -0.25) is 0 Å². The second-order valence-corrected chi connectivity index (χ2v) is 6.87. The van der Waals surface area contributed by atoms with Gasteiger partial charge in [0.2, 0.25) is 0 Å². The van der Waals surface area contributed by atoms with Crippen LogP contribution in [-0.4, -0.2) is 0 Å². The van der Waals surface area contributed by atoms with Crippen molar-refractivity contribution in [2.24, 2.45) is 5.73 Å². The molecule has 2 aromatic rings. The molecule has 1 heterocycles. The Kier molecular flexibility index (Phi) is 4.05. The van der Waals surface area contributed by atoms with Crippen LogP contribution < -0.4 is 10.5 Å². The van der Waals surface area contributed by atoms with E-state index in [-0.39, 0.29) is 12.1 Å². The van der Waals surface area contributed by atoms with E-state index in [1.807, 2.05) is 12.1 Å². The van der Waals surface area contributed by atoms with Crippen molar-refractivity contribution in [3.05, 3.63) is 63.6 Å². The highest BCUT2D eigenvalue weighted by atomic mass is 79.9. The Morgan fingerprint density at radius 1 is 1.14 bits per heavy atom. The minimum absolute atomic E-state index is 0.0148. The summed E-state index contributed by atoms with van der Waals surface area (Å²) in [5, 5.41) is 0. The third-order valence-electron chi connectivity index (χ3n) is 4.08. The van der Waals surface area contributed by atoms with E-state index in [2.05, 4.69) is 60.1 Å². The summed E-state index contributed by atoms with van der Waals surface area (Å²) in [4.78, 5) is 0. The van der Waals surface area contributed by atoms with E-state index in [0.717, 1.165) is 22.2 Å². The molecule has 110 valence electrons. The zero-order chi connectivity index (χ0) is 15.0. The largest absolute Gasteiger partial charge is 0.485 e. The first-order valence-corrected chi connectivity index (χ1v) is 8.15. The van der Waals surface area contributed by atoms with Crippen LogP contribution in [-0.2, 0) is 0 Å². The molecule has 2 nitrogen and oxygen atoms in total. The Morgan fingerprint density at radius 3 is 2.52 bits per heavy atom. The minimum Gasteiger partial charge on any atom is -0.485 e. The molecule has 21 heavy (non-hydrogen) atoms. The van der Waals surface area contributed by atoms with E-state index < -0.39 is 0 Å². The fraction of sp³-hybridized carbons (Fsp3) is 0.333. The maximum absolute atomic E-state index is 6.32. The first kappa shape index (κ1) is 14.6. The van der Waals surface area contributed by atoms with Gasteiger partial charge in [0, 0.05) is 22.5 Å². The Hall–Kier alpha value is -1.32. The van der Waals surface area contributed by atoms with Gasteiger partial charge in [-0.1, -0.05) is 54.0 Å². The van der Waals surface area contributed by atoms with E-state index >= 15 is 0 Å². The molecule has 0 amide bonds. The molecule has 1 aliphatic heterocycles. The molecule has 0 aliphatic carbocycles. The van der Waals surface area contributed by atoms with Crippen molar-refractivity contribution < 1.29 is 4.74 Å². The summed E-state index contributed by atoms with van der Waals surface area (Å²) in [6.45, 7) is 4.41. The van der Waals surface area contributed by atoms with E-state index in [0.29, 0.717) is 5.92 Å². The van der Waals surface area contributed by atoms with E-state index in [9.17, 15) is 0 Å². The molecule has 0 aromatic heterocycles. The molecule has 2 atom stereocenters. The lowest BCUT2D eigenvalue weighted by Crippen LogP contribution is -2.24. The molecule has 0 saturated heterocycles. The number of rotatable bonds is 2. The molecule has 3 heteroatoms. The predicted molar refractivity (Wildman–Crippen MR) is 89.6 cm³/mol. The van der Waals surface area contributed by atoms with Gasteiger partial charge in [0.25, 0.3) is 0 Å². The molecule has 0 spiro atoms. The first-order valence-electron chi connectivity index (χ1n) is 7.36. The van der Waals surface area contributed by atoms with Crippen LogP contribution in [0.1, 0.15) is 55.0 Å². The molecule has 3 rings (SSSR count). The Labute approximate surface area is 134 Å². The summed E-state index contributed by atoms with van der Waals surface area (Å²) >= 11 is 3.49. The SMILES string of the molecule is CC(C)c1ccc(C2C[C@H](N)c3cc(Br)ccc3O2)cc1. The minimum atomic E-state index is 0.0148. The summed E-state index contributed by atoms with van der Waals surface area (Å²) in [5.74, 6) is 1.45. The summed E-state index contributed by atoms with van der Waals surface area (Å²) in [6, 6.07) is 14.8. The molecule has 2 N–H and O–H groups in total. The van der Waals surface area contributed by atoms with Crippen molar-refractivity contribution >= 4 is 15.9 Å². The number of hydrogen-bond donors (Lipinski definition) is 1. The zero-order valence-electron chi connectivity index (χ0n) is 12.3. The molecular weight excluding hydrogens is 326 g/mol. The van der Waals surface area contributed by atoms with Crippen LogP contribution in [0.2, 0.25) is 0 Å². The molecule has 1 unspecified atom stereocenters. The number of halogens is 1. The van der Waals surface area contributed by atoms with Gasteiger partial charge in [0.05, 0.1) is 0 Å². The van der Waals surface area contributed by atoms with Crippen LogP contribution in [0.4, 0.5) is 0 Å². The van der Waals surface area contributed by atoms with Gasteiger partial charge in [0.1, 0.15) is 11.9 Å². The van der Waals surface area contributed by atoms with Crippen LogP contribution in [0, 0.1) is 0 Å². The van der Waals surface area contributed by atoms with Gasteiger partial charge in [-0.05, 0) is 35.2 Å². The van der Waals surface area contributed by atoms with Crippen molar-refractivity contribution in [1.82, 2.24) is 0 Å². The smallest absolute Gasteiger partial charge is 0.126 e. The normalized spacial score (nSPS) is 21.0. The van der Waals surface area contributed by atoms with Crippen LogP contribution in [0.3, 0.4) is 0 Å². The lowest BCUT2D eigenvalue weighted by atomic mass is 9.92. The van der Waals surface area contributed by atoms with Crippen molar-refractivity contribution in [2.45, 2.75) is 38.3 Å². The van der Waals surface area contributed by atoms with E-state index in [1.54, 1.807) is 0 Å². The van der Waals surface area contributed by atoms with Gasteiger partial charge < -0.3 is 10.5 Å². The van der Waals surface area contributed by atoms with Gasteiger partial charge in [-0.25, -0.2) is 0 Å². The van der Waals surface area contributed by atoms with Crippen molar-refractivity contribution in [2.75, 3.05) is 0 Å². The summed E-state index contributed by atoms with van der Waals surface area (Å²) in [6.07, 6.45) is 0.847. The van der Waals surface area contributed by atoms with Crippen molar-refractivity contribution in [1.29, 1.82) is 0 Å². The molecule has 0 saturated carbocycles. The number of ether oxygens (including phenoxy) is 1. The first-order chi connectivity index (χ1) is 10.0. The maximum Gasteiger partial charge on any atom is 0.126 e. The topological polar surface area (TPSA) is 35.2 Å². The van der Waals surface area contributed by atoms with Gasteiger partial charge in [0.15, 0.2) is 0 Å². The standard InChI is InChI=1S/C18H20BrNO/c1-11(2)12-3-5-13(6-4-12)18-10-16(20)15-9-14(19)7-8-17(15)21-18/h3-9,11,16,18H,10,20H2,1-2H3/t16-,18?/m0/s1. The average molecular weight is 346 g/mol. The van der Waals surface area contributed by atoms with Crippen molar-refractivity contribution in [3.8, 4) is 5.75 Å². The quantitative estimate of drug-likeness (QED) is 0.821. The van der Waals surface area contributed by atoms with Crippen molar-refractivity contribution in [3.63, 3.8) is 0 Å². The van der Waals surface area contributed by atoms with Gasteiger partial charge >= 0.3 is 0 Å². The predicted octanol–water partition coefficient (Wildman–Crippen LogP) is 5.10. The number of nitrogens with two attached hydrogens (primary N) is 1. The van der Waals surface area contributed by atoms with E-state index in [4.69, 9.17) is 10.5 Å². The highest BCUT2D eigenvalue weighted by Crippen LogP contribution is 2.40. The highest BCUT2D eigenvalue weighted by molar-refractivity contribution is 9.10. The summed E-state index contributed by atoms with van der Waals surface area (Å²) < 4.78 is 7.18. The third-order valence-corrected chi connectivity index (χ3v) is 4.58. The lowest BCUT2D eigenvalue weighted by molar-refractivity contribution is 0.161. The Balaban J connectivity index is 1.86. The molecule has 0 bridgehead atoms. The fourth-order valence-electron chi connectivity index (χ4n) is 2.78. The second kappa shape index (κ2) is 5.82.